The van der Waals surface area contributed by atoms with Crippen LogP contribution in [0.15, 0.2) is 0 Å². The van der Waals surface area contributed by atoms with Crippen LogP contribution in [0.2, 0.25) is 0 Å². The van der Waals surface area contributed by atoms with Crippen molar-refractivity contribution in [3.8, 4) is 0 Å². The van der Waals surface area contributed by atoms with E-state index in [1.165, 1.54) is 0 Å². The minimum atomic E-state index is -5.51. The Kier molecular flexibility index (Phi) is 7.87. The van der Waals surface area contributed by atoms with Crippen molar-refractivity contribution >= 4 is 16.4 Å². The molecular formula is C13H20O15S-2. The lowest BCUT2D eigenvalue weighted by molar-refractivity contribution is -0.370. The second kappa shape index (κ2) is 9.41. The summed E-state index contributed by atoms with van der Waals surface area (Å²) in [7, 11) is -4.39. The van der Waals surface area contributed by atoms with Gasteiger partial charge >= 0.3 is 0 Å². The number of aliphatic carboxylic acids is 1. The van der Waals surface area contributed by atoms with Crippen LogP contribution in [0.3, 0.4) is 0 Å². The van der Waals surface area contributed by atoms with Crippen molar-refractivity contribution < 1.29 is 71.5 Å². The third-order valence-electron chi connectivity index (χ3n) is 4.35. The highest BCUT2D eigenvalue weighted by molar-refractivity contribution is 7.80. The lowest BCUT2D eigenvalue weighted by atomic mass is 9.97. The lowest BCUT2D eigenvalue weighted by Crippen LogP contribution is -2.66. The van der Waals surface area contributed by atoms with Crippen LogP contribution < -0.4 is 5.11 Å². The first kappa shape index (κ1) is 24.3. The number of rotatable bonds is 7. The molecular weight excluding hydrogens is 428 g/mol. The Bertz CT molecular complexity index is 653. The second-order valence-corrected chi connectivity index (χ2v) is 7.25. The molecule has 0 bridgehead atoms. The van der Waals surface area contributed by atoms with Crippen LogP contribution in [0, 0.1) is 0 Å². The Hall–Kier alpha value is -1.02. The van der Waals surface area contributed by atoms with E-state index < -0.39 is 84.4 Å². The van der Waals surface area contributed by atoms with E-state index in [2.05, 4.69) is 4.18 Å². The Morgan fingerprint density at radius 3 is 2.07 bits per heavy atom. The van der Waals surface area contributed by atoms with Crippen molar-refractivity contribution in [3.05, 3.63) is 0 Å². The molecule has 0 saturated carbocycles. The maximum Gasteiger partial charge on any atom is 0.218 e. The number of ether oxygens (including phenoxy) is 4. The molecule has 10 atom stereocenters. The van der Waals surface area contributed by atoms with Crippen LogP contribution in [0.25, 0.3) is 0 Å². The fourth-order valence-electron chi connectivity index (χ4n) is 2.96. The topological polar surface area (TPSA) is 245 Å². The summed E-state index contributed by atoms with van der Waals surface area (Å²) in [5.74, 6) is -2.06. The molecule has 2 fully saturated rings. The molecule has 2 rings (SSSR count). The van der Waals surface area contributed by atoms with Gasteiger partial charge in [-0.1, -0.05) is 0 Å². The molecule has 0 spiro atoms. The molecule has 2 heterocycles. The molecule has 2 saturated heterocycles. The van der Waals surface area contributed by atoms with Crippen molar-refractivity contribution in [1.82, 2.24) is 0 Å². The van der Waals surface area contributed by atoms with Gasteiger partial charge in [0.05, 0.1) is 12.6 Å². The molecule has 0 radical (unpaired) electrons. The standard InChI is InChI=1S/C13H22O15S/c1-24-12-6(17)8(4(15)3(2-14)25-12)26-13-7(18)9(28-29(21,22)23)5(16)10(27-13)11(19)20/h3-10,12-18H,2H2,1H3,(H,19,20)(H,21,22,23)/p-2/t3-,4+,5+,6-,7-,8+,9+,10+,12-,13-/m1/s1. The molecule has 15 nitrogen and oxygen atoms in total. The van der Waals surface area contributed by atoms with E-state index >= 15 is 0 Å². The smallest absolute Gasteiger partial charge is 0.218 e. The van der Waals surface area contributed by atoms with Gasteiger partial charge in [0.25, 0.3) is 0 Å². The number of methoxy groups -OCH3 is 1. The zero-order chi connectivity index (χ0) is 22.1. The van der Waals surface area contributed by atoms with Gasteiger partial charge in [-0.3, -0.25) is 4.18 Å². The predicted molar refractivity (Wildman–Crippen MR) is 79.9 cm³/mol. The first-order valence-electron chi connectivity index (χ1n) is 8.08. The van der Waals surface area contributed by atoms with E-state index in [1.807, 2.05) is 0 Å². The summed E-state index contributed by atoms with van der Waals surface area (Å²) in [5, 5.41) is 60.8. The highest BCUT2D eigenvalue weighted by Gasteiger charge is 2.52. The molecule has 170 valence electrons. The highest BCUT2D eigenvalue weighted by atomic mass is 32.3. The quantitative estimate of drug-likeness (QED) is 0.179. The SMILES string of the molecule is CO[C@@H]1O[C@H](CO)[C@H](O)[C@H](O[C@@H]2O[C@H](C(=O)[O-])[C@@H](O)[C@H](OS(=O)(=O)[O-])[C@H]2O)[C@H]1O. The third-order valence-corrected chi connectivity index (χ3v) is 4.81. The molecule has 16 heteroatoms. The van der Waals surface area contributed by atoms with Gasteiger partial charge in [-0.15, -0.1) is 0 Å². The summed E-state index contributed by atoms with van der Waals surface area (Å²) in [6, 6.07) is 0. The summed E-state index contributed by atoms with van der Waals surface area (Å²) in [6.07, 6.45) is -19.3. The van der Waals surface area contributed by atoms with E-state index in [0.717, 1.165) is 7.11 Å². The number of carbonyl (C=O) groups is 1. The molecule has 0 aromatic rings. The minimum Gasteiger partial charge on any atom is -0.726 e. The van der Waals surface area contributed by atoms with E-state index in [4.69, 9.17) is 18.9 Å². The van der Waals surface area contributed by atoms with Crippen LogP contribution in [-0.2, 0) is 38.3 Å². The summed E-state index contributed by atoms with van der Waals surface area (Å²) >= 11 is 0. The molecule has 0 aromatic carbocycles. The van der Waals surface area contributed by atoms with E-state index in [-0.39, 0.29) is 0 Å². The number of aliphatic hydroxyl groups excluding tert-OH is 5. The molecule has 0 amide bonds. The predicted octanol–water partition coefficient (Wildman–Crippen LogP) is -6.50. The van der Waals surface area contributed by atoms with Gasteiger partial charge in [-0.25, -0.2) is 8.42 Å². The molecule has 0 unspecified atom stereocenters. The number of carboxylic acid groups (broad SMARTS) is 1. The first-order chi connectivity index (χ1) is 13.4. The number of hydrogen-bond acceptors (Lipinski definition) is 15. The fraction of sp³-hybridized carbons (Fsp3) is 0.923. The van der Waals surface area contributed by atoms with Crippen LogP contribution in [0.4, 0.5) is 0 Å². The Labute approximate surface area is 163 Å². The number of aliphatic hydroxyl groups is 5. The normalized spacial score (nSPS) is 43.8. The zero-order valence-corrected chi connectivity index (χ0v) is 15.5. The fourth-order valence-corrected chi connectivity index (χ4v) is 3.46. The molecule has 0 aromatic heterocycles. The van der Waals surface area contributed by atoms with Crippen LogP contribution in [0.1, 0.15) is 0 Å². The van der Waals surface area contributed by atoms with Gasteiger partial charge in [-0.05, 0) is 0 Å². The summed E-state index contributed by atoms with van der Waals surface area (Å²) in [4.78, 5) is 11.2. The van der Waals surface area contributed by atoms with Gasteiger partial charge < -0.3 is 58.9 Å². The number of carboxylic acids is 1. The number of carbonyl (C=O) groups excluding carboxylic acids is 1. The second-order valence-electron chi connectivity index (χ2n) is 6.24. The van der Waals surface area contributed by atoms with E-state index in [0.29, 0.717) is 0 Å². The minimum absolute atomic E-state index is 0.748. The summed E-state index contributed by atoms with van der Waals surface area (Å²) in [5.41, 5.74) is 0. The molecule has 5 N–H and O–H groups in total. The van der Waals surface area contributed by atoms with Gasteiger partial charge in [-0.2, -0.15) is 0 Å². The summed E-state index contributed by atoms with van der Waals surface area (Å²) in [6.45, 7) is -0.748. The van der Waals surface area contributed by atoms with Crippen LogP contribution in [-0.4, -0.2) is 120 Å². The third kappa shape index (κ3) is 5.37. The van der Waals surface area contributed by atoms with Gasteiger partial charge in [0.1, 0.15) is 48.8 Å². The largest absolute Gasteiger partial charge is 0.726 e. The van der Waals surface area contributed by atoms with E-state index in [1.54, 1.807) is 0 Å². The Balaban J connectivity index is 2.29. The maximum absolute atomic E-state index is 11.2. The molecule has 0 aliphatic carbocycles. The van der Waals surface area contributed by atoms with Gasteiger partial charge in [0, 0.05) is 7.11 Å². The molecule has 29 heavy (non-hydrogen) atoms. The molecule has 2 aliphatic heterocycles. The summed E-state index contributed by atoms with van der Waals surface area (Å²) < 4.78 is 56.4. The van der Waals surface area contributed by atoms with Gasteiger partial charge in [0.15, 0.2) is 12.6 Å². The van der Waals surface area contributed by atoms with Crippen LogP contribution >= 0.6 is 0 Å². The first-order valence-corrected chi connectivity index (χ1v) is 9.41. The zero-order valence-electron chi connectivity index (χ0n) is 14.7. The Morgan fingerprint density at radius 1 is 1.00 bits per heavy atom. The van der Waals surface area contributed by atoms with E-state index in [9.17, 15) is 48.4 Å². The van der Waals surface area contributed by atoms with Crippen molar-refractivity contribution in [3.63, 3.8) is 0 Å². The lowest BCUT2D eigenvalue weighted by Gasteiger charge is -2.46. The monoisotopic (exact) mass is 448 g/mol. The van der Waals surface area contributed by atoms with Crippen molar-refractivity contribution in [2.45, 2.75) is 61.4 Å². The number of hydrogen-bond donors (Lipinski definition) is 5. The van der Waals surface area contributed by atoms with Crippen LogP contribution in [0.5, 0.6) is 0 Å². The maximum atomic E-state index is 11.2. The van der Waals surface area contributed by atoms with Gasteiger partial charge in [0.2, 0.25) is 10.4 Å². The average molecular weight is 448 g/mol. The van der Waals surface area contributed by atoms with Crippen molar-refractivity contribution in [1.29, 1.82) is 0 Å². The highest BCUT2D eigenvalue weighted by Crippen LogP contribution is 2.30. The molecule has 2 aliphatic rings. The average Bonchev–Trinajstić information content (AvgIpc) is 2.63. The van der Waals surface area contributed by atoms with Crippen molar-refractivity contribution in [2.24, 2.45) is 0 Å². The Morgan fingerprint density at radius 2 is 1.59 bits per heavy atom. The van der Waals surface area contributed by atoms with Crippen molar-refractivity contribution in [2.75, 3.05) is 13.7 Å².